The zero-order chi connectivity index (χ0) is 11.7. The van der Waals surface area contributed by atoms with Crippen molar-refractivity contribution in [2.45, 2.75) is 26.7 Å². The first-order chi connectivity index (χ1) is 7.08. The number of hydrogen-bond acceptors (Lipinski definition) is 5. The number of phosphoric ester groups is 1. The molecule has 0 atom stereocenters. The van der Waals surface area contributed by atoms with E-state index in [0.717, 1.165) is 0 Å². The quantitative estimate of drug-likeness (QED) is 0.479. The van der Waals surface area contributed by atoms with Crippen LogP contribution in [0.5, 0.6) is 0 Å². The highest BCUT2D eigenvalue weighted by Gasteiger charge is 2.29. The highest BCUT2D eigenvalue weighted by molar-refractivity contribution is 7.49. The second-order valence-electron chi connectivity index (χ2n) is 2.57. The van der Waals surface area contributed by atoms with Crippen LogP contribution in [0.2, 0.25) is 0 Å². The molecule has 0 aliphatic rings. The molecule has 0 spiro atoms. The van der Waals surface area contributed by atoms with Gasteiger partial charge in [-0.25, -0.2) is 4.57 Å². The van der Waals surface area contributed by atoms with E-state index in [2.05, 4.69) is 11.1 Å². The van der Waals surface area contributed by atoms with Crippen molar-refractivity contribution in [2.75, 3.05) is 13.2 Å². The molecule has 0 heterocycles. The largest absolute Gasteiger partial charge is 0.532 e. The third-order valence-corrected chi connectivity index (χ3v) is 2.92. The number of hydrogen-bond donors (Lipinski definition) is 0. The lowest BCUT2D eigenvalue weighted by Gasteiger charge is -2.15. The van der Waals surface area contributed by atoms with Gasteiger partial charge < -0.3 is 4.52 Å². The van der Waals surface area contributed by atoms with Gasteiger partial charge in [0.2, 0.25) is 0 Å². The number of phosphoric acid groups is 1. The maximum atomic E-state index is 11.7. The Morgan fingerprint density at radius 2 is 1.87 bits per heavy atom. The van der Waals surface area contributed by atoms with Gasteiger partial charge in [-0.1, -0.05) is 6.08 Å². The molecular weight excluding hydrogens is 219 g/mol. The van der Waals surface area contributed by atoms with E-state index in [1.54, 1.807) is 19.9 Å². The van der Waals surface area contributed by atoms with Crippen LogP contribution in [-0.4, -0.2) is 19.2 Å². The van der Waals surface area contributed by atoms with Crippen LogP contribution in [0.15, 0.2) is 12.7 Å². The summed E-state index contributed by atoms with van der Waals surface area (Å²) in [7, 11) is -3.70. The van der Waals surface area contributed by atoms with Crippen molar-refractivity contribution < 1.29 is 22.9 Å². The maximum Gasteiger partial charge on any atom is 0.532 e. The van der Waals surface area contributed by atoms with E-state index in [9.17, 15) is 9.36 Å². The monoisotopic (exact) mass is 236 g/mol. The predicted octanol–water partition coefficient (Wildman–Crippen LogP) is 2.68. The van der Waals surface area contributed by atoms with E-state index < -0.39 is 13.8 Å². The molecule has 15 heavy (non-hydrogen) atoms. The fraction of sp³-hybridized carbons (Fsp3) is 0.667. The van der Waals surface area contributed by atoms with Crippen molar-refractivity contribution >= 4 is 13.8 Å². The van der Waals surface area contributed by atoms with Gasteiger partial charge in [0.1, 0.15) is 0 Å². The normalized spacial score (nSPS) is 11.1. The minimum atomic E-state index is -3.70. The van der Waals surface area contributed by atoms with Crippen LogP contribution < -0.4 is 0 Å². The number of allylic oxidation sites excluding steroid dienone is 1. The Kier molecular flexibility index (Phi) is 7.30. The SMILES string of the molecule is C=CCCC(=O)OP(=O)(OCC)OCC. The molecule has 0 aromatic carbocycles. The zero-order valence-corrected chi connectivity index (χ0v) is 10.00. The van der Waals surface area contributed by atoms with E-state index in [1.165, 1.54) is 0 Å². The summed E-state index contributed by atoms with van der Waals surface area (Å²) < 4.78 is 25.9. The van der Waals surface area contributed by atoms with Gasteiger partial charge in [0, 0.05) is 6.42 Å². The smallest absolute Gasteiger partial charge is 0.370 e. The van der Waals surface area contributed by atoms with Crippen LogP contribution in [-0.2, 0) is 22.9 Å². The molecular formula is C9H17O5P. The Morgan fingerprint density at radius 3 is 2.27 bits per heavy atom. The summed E-state index contributed by atoms with van der Waals surface area (Å²) in [6.45, 7) is 7.06. The highest BCUT2D eigenvalue weighted by Crippen LogP contribution is 2.49. The Balaban J connectivity index is 4.20. The van der Waals surface area contributed by atoms with Crippen LogP contribution in [0.3, 0.4) is 0 Å². The molecule has 0 bridgehead atoms. The lowest BCUT2D eigenvalue weighted by molar-refractivity contribution is -0.136. The molecule has 0 aromatic heterocycles. The van der Waals surface area contributed by atoms with Crippen LogP contribution in [0, 0.1) is 0 Å². The van der Waals surface area contributed by atoms with Crippen molar-refractivity contribution in [3.8, 4) is 0 Å². The average molecular weight is 236 g/mol. The first-order valence-electron chi connectivity index (χ1n) is 4.80. The fourth-order valence-corrected chi connectivity index (χ4v) is 1.95. The summed E-state index contributed by atoms with van der Waals surface area (Å²) in [4.78, 5) is 11.2. The lowest BCUT2D eigenvalue weighted by atomic mass is 10.3. The summed E-state index contributed by atoms with van der Waals surface area (Å²) >= 11 is 0. The summed E-state index contributed by atoms with van der Waals surface area (Å²) in [5.41, 5.74) is 0. The van der Waals surface area contributed by atoms with Gasteiger partial charge in [-0.05, 0) is 20.3 Å². The van der Waals surface area contributed by atoms with Gasteiger partial charge >= 0.3 is 13.8 Å². The van der Waals surface area contributed by atoms with Crippen molar-refractivity contribution in [2.24, 2.45) is 0 Å². The van der Waals surface area contributed by atoms with Gasteiger partial charge in [-0.3, -0.25) is 13.8 Å². The molecule has 0 amide bonds. The molecule has 0 fully saturated rings. The van der Waals surface area contributed by atoms with Gasteiger partial charge in [-0.2, -0.15) is 0 Å². The summed E-state index contributed by atoms with van der Waals surface area (Å²) in [5.74, 6) is -0.611. The lowest BCUT2D eigenvalue weighted by Crippen LogP contribution is -2.06. The summed E-state index contributed by atoms with van der Waals surface area (Å²) in [5, 5.41) is 0. The topological polar surface area (TPSA) is 61.8 Å². The van der Waals surface area contributed by atoms with Gasteiger partial charge in [0.05, 0.1) is 13.2 Å². The first kappa shape index (κ1) is 14.4. The molecule has 0 unspecified atom stereocenters. The van der Waals surface area contributed by atoms with E-state index in [4.69, 9.17) is 9.05 Å². The maximum absolute atomic E-state index is 11.7. The number of carbonyl (C=O) groups excluding carboxylic acids is 1. The number of rotatable bonds is 8. The molecule has 0 rings (SSSR count). The van der Waals surface area contributed by atoms with E-state index >= 15 is 0 Å². The van der Waals surface area contributed by atoms with Gasteiger partial charge in [0.25, 0.3) is 0 Å². The molecule has 6 heteroatoms. The molecule has 0 aliphatic heterocycles. The Labute approximate surface area is 90.0 Å². The Morgan fingerprint density at radius 1 is 1.33 bits per heavy atom. The van der Waals surface area contributed by atoms with Crippen LogP contribution in [0.1, 0.15) is 26.7 Å². The first-order valence-corrected chi connectivity index (χ1v) is 6.26. The molecule has 0 aromatic rings. The van der Waals surface area contributed by atoms with Gasteiger partial charge in [-0.15, -0.1) is 6.58 Å². The molecule has 0 N–H and O–H groups in total. The minimum Gasteiger partial charge on any atom is -0.370 e. The third-order valence-electron chi connectivity index (χ3n) is 1.34. The van der Waals surface area contributed by atoms with Crippen LogP contribution in [0.4, 0.5) is 0 Å². The molecule has 0 radical (unpaired) electrons. The second-order valence-corrected chi connectivity index (χ2v) is 4.17. The van der Waals surface area contributed by atoms with Crippen molar-refractivity contribution in [1.82, 2.24) is 0 Å². The van der Waals surface area contributed by atoms with Gasteiger partial charge in [0.15, 0.2) is 0 Å². The second kappa shape index (κ2) is 7.63. The molecule has 88 valence electrons. The van der Waals surface area contributed by atoms with Crippen molar-refractivity contribution in [3.63, 3.8) is 0 Å². The summed E-state index contributed by atoms with van der Waals surface area (Å²) in [6.07, 6.45) is 2.16. The third kappa shape index (κ3) is 6.44. The van der Waals surface area contributed by atoms with Crippen molar-refractivity contribution in [1.29, 1.82) is 0 Å². The molecule has 5 nitrogen and oxygen atoms in total. The molecule has 0 saturated carbocycles. The highest BCUT2D eigenvalue weighted by atomic mass is 31.2. The van der Waals surface area contributed by atoms with E-state index in [0.29, 0.717) is 6.42 Å². The molecule has 0 aliphatic carbocycles. The minimum absolute atomic E-state index is 0.119. The molecule has 0 saturated heterocycles. The van der Waals surface area contributed by atoms with Crippen LogP contribution in [0.25, 0.3) is 0 Å². The standard InChI is InChI=1S/C9H17O5P/c1-4-7-8-9(10)14-15(11,12-5-2)13-6-3/h4H,1,5-8H2,2-3H3. The fourth-order valence-electron chi connectivity index (χ4n) is 0.796. The Hall–Kier alpha value is -0.640. The number of carbonyl (C=O) groups is 1. The Bertz CT molecular complexity index is 241. The van der Waals surface area contributed by atoms with Crippen LogP contribution >= 0.6 is 7.82 Å². The average Bonchev–Trinajstić information content (AvgIpc) is 2.15. The summed E-state index contributed by atoms with van der Waals surface area (Å²) in [6, 6.07) is 0. The zero-order valence-electron chi connectivity index (χ0n) is 9.10. The van der Waals surface area contributed by atoms with E-state index in [-0.39, 0.29) is 19.6 Å². The predicted molar refractivity (Wildman–Crippen MR) is 56.4 cm³/mol. The van der Waals surface area contributed by atoms with E-state index in [1.807, 2.05) is 0 Å². The van der Waals surface area contributed by atoms with Crippen molar-refractivity contribution in [3.05, 3.63) is 12.7 Å².